The van der Waals surface area contributed by atoms with Gasteiger partial charge in [0.25, 0.3) is 5.91 Å². The summed E-state index contributed by atoms with van der Waals surface area (Å²) < 4.78 is 0. The first kappa shape index (κ1) is 18.4. The number of amides is 2. The fourth-order valence-corrected chi connectivity index (χ4v) is 2.02. The van der Waals surface area contributed by atoms with Crippen molar-refractivity contribution in [3.05, 3.63) is 0 Å². The number of likely N-dealkylation sites (N-methyl/N-ethyl adjacent to an activating group) is 1. The van der Waals surface area contributed by atoms with Crippen LogP contribution in [0.2, 0.25) is 0 Å². The highest BCUT2D eigenvalue weighted by Gasteiger charge is 2.44. The second-order valence-corrected chi connectivity index (χ2v) is 5.31. The maximum atomic E-state index is 11.7. The SMILES string of the molecule is CCNC(=O)CC(C)(CC(C)(O)C(=O)NCC)C(=O)O. The summed E-state index contributed by atoms with van der Waals surface area (Å²) in [7, 11) is 0. The number of aliphatic hydroxyl groups is 1. The monoisotopic (exact) mass is 288 g/mol. The molecule has 116 valence electrons. The van der Waals surface area contributed by atoms with Crippen LogP contribution >= 0.6 is 0 Å². The smallest absolute Gasteiger partial charge is 0.310 e. The molecule has 4 N–H and O–H groups in total. The van der Waals surface area contributed by atoms with Gasteiger partial charge in [-0.1, -0.05) is 0 Å². The minimum atomic E-state index is -1.85. The molecule has 2 atom stereocenters. The van der Waals surface area contributed by atoms with Crippen molar-refractivity contribution in [2.75, 3.05) is 13.1 Å². The van der Waals surface area contributed by atoms with Gasteiger partial charge < -0.3 is 20.8 Å². The Labute approximate surface area is 118 Å². The molecule has 0 aliphatic carbocycles. The van der Waals surface area contributed by atoms with Crippen LogP contribution in [-0.4, -0.2) is 46.7 Å². The van der Waals surface area contributed by atoms with Crippen LogP contribution in [-0.2, 0) is 14.4 Å². The van der Waals surface area contributed by atoms with Crippen LogP contribution in [0.25, 0.3) is 0 Å². The Bertz CT molecular complexity index is 381. The molecular weight excluding hydrogens is 264 g/mol. The van der Waals surface area contributed by atoms with Crippen LogP contribution in [0.3, 0.4) is 0 Å². The van der Waals surface area contributed by atoms with E-state index in [0.29, 0.717) is 13.1 Å². The molecule has 0 saturated heterocycles. The molecular formula is C13H24N2O5. The average molecular weight is 288 g/mol. The predicted octanol–water partition coefficient (Wildman–Crippen LogP) is -0.119. The maximum absolute atomic E-state index is 11.7. The van der Waals surface area contributed by atoms with Crippen LogP contribution in [0.5, 0.6) is 0 Å². The number of hydrogen-bond donors (Lipinski definition) is 4. The largest absolute Gasteiger partial charge is 0.481 e. The molecule has 0 aliphatic rings. The highest BCUT2D eigenvalue weighted by Crippen LogP contribution is 2.32. The summed E-state index contributed by atoms with van der Waals surface area (Å²) in [5.74, 6) is -2.30. The predicted molar refractivity (Wildman–Crippen MR) is 73.0 cm³/mol. The molecule has 0 heterocycles. The highest BCUT2D eigenvalue weighted by atomic mass is 16.4. The van der Waals surface area contributed by atoms with E-state index in [1.165, 1.54) is 13.8 Å². The zero-order valence-electron chi connectivity index (χ0n) is 12.4. The number of carboxylic acid groups (broad SMARTS) is 1. The summed E-state index contributed by atoms with van der Waals surface area (Å²) >= 11 is 0. The lowest BCUT2D eigenvalue weighted by atomic mass is 9.76. The summed E-state index contributed by atoms with van der Waals surface area (Å²) in [6, 6.07) is 0. The van der Waals surface area contributed by atoms with E-state index in [-0.39, 0.29) is 12.8 Å². The second kappa shape index (κ2) is 7.23. The third kappa shape index (κ3) is 5.16. The van der Waals surface area contributed by atoms with Crippen molar-refractivity contribution in [2.45, 2.75) is 46.1 Å². The van der Waals surface area contributed by atoms with Crippen molar-refractivity contribution in [2.24, 2.45) is 5.41 Å². The van der Waals surface area contributed by atoms with E-state index >= 15 is 0 Å². The summed E-state index contributed by atoms with van der Waals surface area (Å²) in [5.41, 5.74) is -3.37. The van der Waals surface area contributed by atoms with Crippen LogP contribution in [0, 0.1) is 5.41 Å². The minimum absolute atomic E-state index is 0.300. The fourth-order valence-electron chi connectivity index (χ4n) is 2.02. The van der Waals surface area contributed by atoms with Crippen LogP contribution in [0.4, 0.5) is 0 Å². The minimum Gasteiger partial charge on any atom is -0.481 e. The number of carbonyl (C=O) groups excluding carboxylic acids is 2. The van der Waals surface area contributed by atoms with Gasteiger partial charge in [-0.3, -0.25) is 14.4 Å². The molecule has 0 rings (SSSR count). The summed E-state index contributed by atoms with van der Waals surface area (Å²) in [6.07, 6.45) is -0.649. The molecule has 0 aromatic heterocycles. The third-order valence-corrected chi connectivity index (χ3v) is 3.00. The average Bonchev–Trinajstić information content (AvgIpc) is 2.28. The highest BCUT2D eigenvalue weighted by molar-refractivity contribution is 5.88. The van der Waals surface area contributed by atoms with E-state index in [4.69, 9.17) is 0 Å². The first-order valence-electron chi connectivity index (χ1n) is 6.60. The standard InChI is InChI=1S/C13H24N2O5/c1-5-14-9(16)7-12(3,11(18)19)8-13(4,20)10(17)15-6-2/h20H,5-8H2,1-4H3,(H,14,16)(H,15,17)(H,18,19). The Balaban J connectivity index is 5.05. The van der Waals surface area contributed by atoms with Gasteiger partial charge in [0.15, 0.2) is 0 Å². The lowest BCUT2D eigenvalue weighted by molar-refractivity contribution is -0.158. The van der Waals surface area contributed by atoms with E-state index in [0.717, 1.165) is 0 Å². The maximum Gasteiger partial charge on any atom is 0.310 e. The van der Waals surface area contributed by atoms with E-state index < -0.39 is 28.8 Å². The number of rotatable bonds is 8. The first-order valence-corrected chi connectivity index (χ1v) is 6.60. The van der Waals surface area contributed by atoms with Crippen LogP contribution < -0.4 is 10.6 Å². The molecule has 0 aromatic rings. The molecule has 2 amide bonds. The number of carboxylic acids is 1. The number of nitrogens with one attached hydrogen (secondary N) is 2. The van der Waals surface area contributed by atoms with Gasteiger partial charge in [-0.2, -0.15) is 0 Å². The lowest BCUT2D eigenvalue weighted by Gasteiger charge is -2.32. The van der Waals surface area contributed by atoms with Crippen molar-refractivity contribution in [3.8, 4) is 0 Å². The molecule has 7 nitrogen and oxygen atoms in total. The Morgan fingerprint density at radius 3 is 1.95 bits per heavy atom. The van der Waals surface area contributed by atoms with Crippen molar-refractivity contribution in [1.82, 2.24) is 10.6 Å². The van der Waals surface area contributed by atoms with Gasteiger partial charge in [0.1, 0.15) is 5.60 Å². The summed E-state index contributed by atoms with van der Waals surface area (Å²) in [5, 5.41) is 24.4. The van der Waals surface area contributed by atoms with Gasteiger partial charge in [0.2, 0.25) is 5.91 Å². The third-order valence-electron chi connectivity index (χ3n) is 3.00. The number of hydrogen-bond acceptors (Lipinski definition) is 4. The van der Waals surface area contributed by atoms with E-state index in [2.05, 4.69) is 10.6 Å². The van der Waals surface area contributed by atoms with Crippen molar-refractivity contribution < 1.29 is 24.6 Å². The molecule has 7 heteroatoms. The zero-order chi connectivity index (χ0) is 16.0. The normalized spacial score (nSPS) is 16.6. The first-order chi connectivity index (χ1) is 9.09. The Hall–Kier alpha value is -1.63. The molecule has 0 aromatic carbocycles. The van der Waals surface area contributed by atoms with Gasteiger partial charge in [-0.25, -0.2) is 0 Å². The lowest BCUT2D eigenvalue weighted by Crippen LogP contribution is -2.50. The molecule has 0 spiro atoms. The van der Waals surface area contributed by atoms with Gasteiger partial charge in [0.05, 0.1) is 5.41 Å². The van der Waals surface area contributed by atoms with Crippen LogP contribution in [0.15, 0.2) is 0 Å². The second-order valence-electron chi connectivity index (χ2n) is 5.31. The summed E-state index contributed by atoms with van der Waals surface area (Å²) in [6.45, 7) is 6.73. The van der Waals surface area contributed by atoms with Gasteiger partial charge in [-0.05, 0) is 27.7 Å². The molecule has 0 radical (unpaired) electrons. The molecule has 0 fully saturated rings. The van der Waals surface area contributed by atoms with Crippen molar-refractivity contribution in [3.63, 3.8) is 0 Å². The van der Waals surface area contributed by atoms with Gasteiger partial charge in [-0.15, -0.1) is 0 Å². The Morgan fingerprint density at radius 1 is 1.05 bits per heavy atom. The number of aliphatic carboxylic acids is 1. The quantitative estimate of drug-likeness (QED) is 0.497. The van der Waals surface area contributed by atoms with Crippen molar-refractivity contribution in [1.29, 1.82) is 0 Å². The van der Waals surface area contributed by atoms with E-state index in [1.54, 1.807) is 13.8 Å². The molecule has 0 bridgehead atoms. The molecule has 20 heavy (non-hydrogen) atoms. The molecule has 0 aliphatic heterocycles. The van der Waals surface area contributed by atoms with Gasteiger partial charge >= 0.3 is 5.97 Å². The van der Waals surface area contributed by atoms with Crippen molar-refractivity contribution >= 4 is 17.8 Å². The molecule has 0 saturated carbocycles. The van der Waals surface area contributed by atoms with E-state index in [9.17, 15) is 24.6 Å². The number of carbonyl (C=O) groups is 3. The summed E-state index contributed by atoms with van der Waals surface area (Å²) in [4.78, 5) is 34.7. The Morgan fingerprint density at radius 2 is 1.55 bits per heavy atom. The Kier molecular flexibility index (Phi) is 6.64. The van der Waals surface area contributed by atoms with Crippen LogP contribution in [0.1, 0.15) is 40.5 Å². The van der Waals surface area contributed by atoms with E-state index in [1.807, 2.05) is 0 Å². The fraction of sp³-hybridized carbons (Fsp3) is 0.769. The zero-order valence-corrected chi connectivity index (χ0v) is 12.4. The van der Waals surface area contributed by atoms with Gasteiger partial charge in [0, 0.05) is 25.9 Å². The molecule has 2 unspecified atom stereocenters. The topological polar surface area (TPSA) is 116 Å².